The van der Waals surface area contributed by atoms with Crippen LogP contribution in [0.5, 0.6) is 0 Å². The van der Waals surface area contributed by atoms with Gasteiger partial charge in [0.25, 0.3) is 0 Å². The highest BCUT2D eigenvalue weighted by molar-refractivity contribution is 14.0. The van der Waals surface area contributed by atoms with Crippen LogP contribution in [0.1, 0.15) is 17.1 Å². The standard InChI is InChI=1S/C17H29N5OS2.HI/c1-14-21-15(11-25-14)3-5-19-16(18-2)20-12-17(4-10-24-13-17)22-6-8-23-9-7-22;/h11H,3-10,12-13H2,1-2H3,(H2,18,19,20);1H. The zero-order valence-electron chi connectivity index (χ0n) is 15.6. The summed E-state index contributed by atoms with van der Waals surface area (Å²) in [6, 6.07) is 0. The summed E-state index contributed by atoms with van der Waals surface area (Å²) in [6.45, 7) is 7.62. The second-order valence-electron chi connectivity index (χ2n) is 6.59. The molecule has 9 heteroatoms. The molecule has 3 rings (SSSR count). The molecule has 0 saturated carbocycles. The number of halogens is 1. The average Bonchev–Trinajstić information content (AvgIpc) is 3.28. The molecule has 148 valence electrons. The second kappa shape index (κ2) is 11.0. The van der Waals surface area contributed by atoms with Crippen molar-refractivity contribution in [2.75, 3.05) is 57.9 Å². The first kappa shape index (κ1) is 22.2. The van der Waals surface area contributed by atoms with Crippen LogP contribution in [0.25, 0.3) is 0 Å². The van der Waals surface area contributed by atoms with Gasteiger partial charge in [0.1, 0.15) is 0 Å². The summed E-state index contributed by atoms with van der Waals surface area (Å²) in [5, 5.41) is 10.3. The number of guanidine groups is 1. The van der Waals surface area contributed by atoms with E-state index in [0.717, 1.165) is 62.5 Å². The molecule has 26 heavy (non-hydrogen) atoms. The summed E-state index contributed by atoms with van der Waals surface area (Å²) in [5.74, 6) is 3.32. The summed E-state index contributed by atoms with van der Waals surface area (Å²) in [4.78, 5) is 11.5. The molecule has 1 aromatic heterocycles. The molecule has 6 nitrogen and oxygen atoms in total. The number of aromatic nitrogens is 1. The van der Waals surface area contributed by atoms with E-state index in [9.17, 15) is 0 Å². The van der Waals surface area contributed by atoms with Gasteiger partial charge in [0.2, 0.25) is 0 Å². The monoisotopic (exact) mass is 511 g/mol. The Hall–Kier alpha value is -0.100. The van der Waals surface area contributed by atoms with Gasteiger partial charge in [-0.15, -0.1) is 35.3 Å². The number of hydrogen-bond acceptors (Lipinski definition) is 6. The molecule has 0 radical (unpaired) electrons. The van der Waals surface area contributed by atoms with Crippen LogP contribution >= 0.6 is 47.1 Å². The maximum absolute atomic E-state index is 5.54. The fourth-order valence-electron chi connectivity index (χ4n) is 3.44. The van der Waals surface area contributed by atoms with Crippen LogP contribution in [0.2, 0.25) is 0 Å². The lowest BCUT2D eigenvalue weighted by atomic mass is 9.95. The molecule has 0 aliphatic carbocycles. The van der Waals surface area contributed by atoms with Gasteiger partial charge in [-0.2, -0.15) is 11.8 Å². The van der Waals surface area contributed by atoms with E-state index in [1.165, 1.54) is 17.9 Å². The summed E-state index contributed by atoms with van der Waals surface area (Å²) >= 11 is 3.77. The van der Waals surface area contributed by atoms with E-state index in [1.807, 2.05) is 14.0 Å². The molecular weight excluding hydrogens is 481 g/mol. The predicted molar refractivity (Wildman–Crippen MR) is 122 cm³/mol. The van der Waals surface area contributed by atoms with Crippen molar-refractivity contribution < 1.29 is 4.74 Å². The van der Waals surface area contributed by atoms with Crippen molar-refractivity contribution in [2.24, 2.45) is 4.99 Å². The molecule has 3 heterocycles. The quantitative estimate of drug-likeness (QED) is 0.346. The van der Waals surface area contributed by atoms with E-state index in [1.54, 1.807) is 11.3 Å². The number of aryl methyl sites for hydroxylation is 1. The Balaban J connectivity index is 0.00000243. The number of ether oxygens (including phenoxy) is 1. The van der Waals surface area contributed by atoms with Crippen molar-refractivity contribution >= 4 is 53.0 Å². The normalized spacial score (nSPS) is 24.3. The van der Waals surface area contributed by atoms with Gasteiger partial charge in [-0.3, -0.25) is 9.89 Å². The summed E-state index contributed by atoms with van der Waals surface area (Å²) in [6.07, 6.45) is 2.16. The second-order valence-corrected chi connectivity index (χ2v) is 8.75. The Bertz CT molecular complexity index is 571. The largest absolute Gasteiger partial charge is 0.379 e. The number of rotatable bonds is 6. The van der Waals surface area contributed by atoms with Crippen molar-refractivity contribution in [3.05, 3.63) is 16.1 Å². The lowest BCUT2D eigenvalue weighted by molar-refractivity contribution is -0.0120. The van der Waals surface area contributed by atoms with Crippen LogP contribution in [0.15, 0.2) is 10.4 Å². The number of aliphatic imine (C=N–C) groups is 1. The Morgan fingerprint density at radius 1 is 1.38 bits per heavy atom. The van der Waals surface area contributed by atoms with E-state index in [4.69, 9.17) is 4.74 Å². The van der Waals surface area contributed by atoms with Crippen LogP contribution in [0.3, 0.4) is 0 Å². The third-order valence-electron chi connectivity index (χ3n) is 4.91. The van der Waals surface area contributed by atoms with Gasteiger partial charge < -0.3 is 15.4 Å². The number of thioether (sulfide) groups is 1. The van der Waals surface area contributed by atoms with Crippen LogP contribution in [0, 0.1) is 6.92 Å². The number of morpholine rings is 1. The molecule has 0 bridgehead atoms. The van der Waals surface area contributed by atoms with E-state index in [-0.39, 0.29) is 29.5 Å². The Labute approximate surface area is 182 Å². The number of hydrogen-bond donors (Lipinski definition) is 2. The highest BCUT2D eigenvalue weighted by Gasteiger charge is 2.40. The third kappa shape index (κ3) is 5.95. The van der Waals surface area contributed by atoms with Gasteiger partial charge in [0.15, 0.2) is 5.96 Å². The van der Waals surface area contributed by atoms with Crippen molar-refractivity contribution in [1.29, 1.82) is 0 Å². The molecule has 2 N–H and O–H groups in total. The Morgan fingerprint density at radius 2 is 2.19 bits per heavy atom. The highest BCUT2D eigenvalue weighted by atomic mass is 127. The lowest BCUT2D eigenvalue weighted by Gasteiger charge is -2.43. The highest BCUT2D eigenvalue weighted by Crippen LogP contribution is 2.33. The molecule has 0 aromatic carbocycles. The molecule has 2 aliphatic heterocycles. The van der Waals surface area contributed by atoms with Gasteiger partial charge >= 0.3 is 0 Å². The maximum atomic E-state index is 5.54. The lowest BCUT2D eigenvalue weighted by Crippen LogP contribution is -2.60. The topological polar surface area (TPSA) is 61.8 Å². The van der Waals surface area contributed by atoms with Gasteiger partial charge in [-0.1, -0.05) is 0 Å². The first-order chi connectivity index (χ1) is 12.2. The SMILES string of the molecule is CN=C(NCCc1csc(C)n1)NCC1(N2CCOCC2)CCSC1.I. The van der Waals surface area contributed by atoms with Gasteiger partial charge in [0, 0.05) is 56.3 Å². The van der Waals surface area contributed by atoms with E-state index >= 15 is 0 Å². The van der Waals surface area contributed by atoms with Crippen molar-refractivity contribution in [3.63, 3.8) is 0 Å². The molecule has 0 amide bonds. The Kier molecular flexibility index (Phi) is 9.42. The fourth-order valence-corrected chi connectivity index (χ4v) is 5.56. The first-order valence-electron chi connectivity index (χ1n) is 8.98. The number of nitrogens with one attached hydrogen (secondary N) is 2. The maximum Gasteiger partial charge on any atom is 0.191 e. The third-order valence-corrected chi connectivity index (χ3v) is 6.97. The zero-order chi connectivity index (χ0) is 17.5. The molecular formula is C17H30IN5OS2. The zero-order valence-corrected chi connectivity index (χ0v) is 19.6. The van der Waals surface area contributed by atoms with Gasteiger partial charge in [-0.05, 0) is 19.1 Å². The summed E-state index contributed by atoms with van der Waals surface area (Å²) < 4.78 is 5.54. The van der Waals surface area contributed by atoms with Crippen molar-refractivity contribution in [3.8, 4) is 0 Å². The minimum atomic E-state index is 0. The van der Waals surface area contributed by atoms with E-state index in [0.29, 0.717) is 0 Å². The van der Waals surface area contributed by atoms with E-state index in [2.05, 4.69) is 42.7 Å². The first-order valence-corrected chi connectivity index (χ1v) is 11.0. The smallest absolute Gasteiger partial charge is 0.191 e. The molecule has 2 aliphatic rings. The molecule has 1 atom stereocenters. The molecule has 1 aromatic rings. The average molecular weight is 511 g/mol. The van der Waals surface area contributed by atoms with Gasteiger partial charge in [-0.25, -0.2) is 4.98 Å². The van der Waals surface area contributed by atoms with Crippen LogP contribution in [-0.4, -0.2) is 79.3 Å². The predicted octanol–water partition coefficient (Wildman–Crippen LogP) is 1.98. The van der Waals surface area contributed by atoms with E-state index < -0.39 is 0 Å². The van der Waals surface area contributed by atoms with Crippen LogP contribution in [-0.2, 0) is 11.2 Å². The van der Waals surface area contributed by atoms with Crippen LogP contribution in [0.4, 0.5) is 0 Å². The molecule has 2 saturated heterocycles. The van der Waals surface area contributed by atoms with Gasteiger partial charge in [0.05, 0.1) is 23.9 Å². The minimum Gasteiger partial charge on any atom is -0.379 e. The van der Waals surface area contributed by atoms with Crippen molar-refractivity contribution in [2.45, 2.75) is 25.3 Å². The number of thiazole rings is 1. The minimum absolute atomic E-state index is 0. The summed E-state index contributed by atoms with van der Waals surface area (Å²) in [7, 11) is 1.84. The fraction of sp³-hybridized carbons (Fsp3) is 0.765. The Morgan fingerprint density at radius 3 is 2.81 bits per heavy atom. The molecule has 2 fully saturated rings. The number of nitrogens with zero attached hydrogens (tertiary/aromatic N) is 3. The van der Waals surface area contributed by atoms with Crippen molar-refractivity contribution in [1.82, 2.24) is 20.5 Å². The van der Waals surface area contributed by atoms with Crippen LogP contribution < -0.4 is 10.6 Å². The molecule has 1 unspecified atom stereocenters. The molecule has 0 spiro atoms. The summed E-state index contributed by atoms with van der Waals surface area (Å²) in [5.41, 5.74) is 1.39.